The van der Waals surface area contributed by atoms with Gasteiger partial charge in [0.25, 0.3) is 0 Å². The van der Waals surface area contributed by atoms with Crippen molar-refractivity contribution in [1.29, 1.82) is 0 Å². The smallest absolute Gasteiger partial charge is 0.387 e. The van der Waals surface area contributed by atoms with E-state index in [1.165, 1.54) is 12.1 Å². The summed E-state index contributed by atoms with van der Waals surface area (Å²) < 4.78 is 30.5. The fraction of sp³-hybridized carbons (Fsp3) is 0.375. The van der Waals surface area contributed by atoms with Crippen molar-refractivity contribution in [3.8, 4) is 5.75 Å². The molecule has 0 fully saturated rings. The maximum absolute atomic E-state index is 12.1. The zero-order valence-electron chi connectivity index (χ0n) is 14.1. The van der Waals surface area contributed by atoms with Gasteiger partial charge in [0, 0.05) is 39.6 Å². The predicted octanol–water partition coefficient (Wildman–Crippen LogP) is 2.81. The minimum atomic E-state index is -2.81. The van der Waals surface area contributed by atoms with Crippen molar-refractivity contribution in [3.05, 3.63) is 48.3 Å². The highest BCUT2D eigenvalue weighted by Gasteiger charge is 2.08. The van der Waals surface area contributed by atoms with Crippen molar-refractivity contribution in [2.75, 3.05) is 20.6 Å². The van der Waals surface area contributed by atoms with Crippen molar-refractivity contribution in [1.82, 2.24) is 20.0 Å². The number of nitrogens with one attached hydrogen (secondary N) is 1. The molecule has 1 aromatic heterocycles. The van der Waals surface area contributed by atoms with Crippen LogP contribution in [0.25, 0.3) is 0 Å². The van der Waals surface area contributed by atoms with Crippen LogP contribution in [-0.2, 0) is 13.1 Å². The summed E-state index contributed by atoms with van der Waals surface area (Å²) in [5.41, 5.74) is 0.967. The van der Waals surface area contributed by atoms with Gasteiger partial charge in [-0.3, -0.25) is 9.67 Å². The lowest BCUT2D eigenvalue weighted by molar-refractivity contribution is -0.0498. The third kappa shape index (κ3) is 7.24. The molecular formula is C16H22F2IN5O. The molecule has 0 spiro atoms. The first-order valence-electron chi connectivity index (χ1n) is 7.51. The van der Waals surface area contributed by atoms with E-state index in [0.717, 1.165) is 18.1 Å². The van der Waals surface area contributed by atoms with Crippen molar-refractivity contribution >= 4 is 29.9 Å². The normalized spacial score (nSPS) is 11.2. The molecule has 2 aromatic rings. The Hall–Kier alpha value is -1.91. The Morgan fingerprint density at radius 3 is 2.64 bits per heavy atom. The molecule has 0 saturated heterocycles. The zero-order chi connectivity index (χ0) is 17.4. The molecule has 0 amide bonds. The average molecular weight is 465 g/mol. The monoisotopic (exact) mass is 465 g/mol. The van der Waals surface area contributed by atoms with Crippen LogP contribution in [0.15, 0.2) is 47.7 Å². The summed E-state index contributed by atoms with van der Waals surface area (Å²) in [7, 11) is 3.62. The molecule has 0 bridgehead atoms. The SMILES string of the molecule is CN=C(NCCn1cccn1)N(C)Cc1ccc(OC(F)F)cc1.I. The van der Waals surface area contributed by atoms with Gasteiger partial charge in [-0.25, -0.2) is 0 Å². The van der Waals surface area contributed by atoms with Gasteiger partial charge < -0.3 is 15.0 Å². The summed E-state index contributed by atoms with van der Waals surface area (Å²) in [4.78, 5) is 6.19. The summed E-state index contributed by atoms with van der Waals surface area (Å²) in [6, 6.07) is 8.45. The van der Waals surface area contributed by atoms with Gasteiger partial charge in [0.05, 0.1) is 6.54 Å². The van der Waals surface area contributed by atoms with Gasteiger partial charge in [-0.1, -0.05) is 12.1 Å². The van der Waals surface area contributed by atoms with Crippen LogP contribution < -0.4 is 10.1 Å². The predicted molar refractivity (Wildman–Crippen MR) is 104 cm³/mol. The quantitative estimate of drug-likeness (QED) is 0.389. The van der Waals surface area contributed by atoms with Crippen LogP contribution in [0, 0.1) is 0 Å². The third-order valence-electron chi connectivity index (χ3n) is 3.32. The molecule has 6 nitrogen and oxygen atoms in total. The molecule has 1 aromatic carbocycles. The lowest BCUT2D eigenvalue weighted by atomic mass is 10.2. The molecule has 1 heterocycles. The van der Waals surface area contributed by atoms with E-state index in [2.05, 4.69) is 20.1 Å². The Balaban J connectivity index is 0.00000312. The fourth-order valence-corrected chi connectivity index (χ4v) is 2.22. The van der Waals surface area contributed by atoms with Crippen LogP contribution in [0.5, 0.6) is 5.75 Å². The second-order valence-electron chi connectivity index (χ2n) is 5.12. The molecular weight excluding hydrogens is 443 g/mol. The van der Waals surface area contributed by atoms with E-state index in [0.29, 0.717) is 13.1 Å². The highest BCUT2D eigenvalue weighted by atomic mass is 127. The Bertz CT molecular complexity index is 634. The topological polar surface area (TPSA) is 54.7 Å². The first-order valence-corrected chi connectivity index (χ1v) is 7.51. The van der Waals surface area contributed by atoms with Gasteiger partial charge >= 0.3 is 6.61 Å². The van der Waals surface area contributed by atoms with Crippen molar-refractivity contribution in [2.45, 2.75) is 19.7 Å². The number of alkyl halides is 2. The van der Waals surface area contributed by atoms with Gasteiger partial charge in [0.15, 0.2) is 5.96 Å². The largest absolute Gasteiger partial charge is 0.435 e. The van der Waals surface area contributed by atoms with Gasteiger partial charge in [-0.2, -0.15) is 13.9 Å². The lowest BCUT2D eigenvalue weighted by Gasteiger charge is -2.22. The number of hydrogen-bond donors (Lipinski definition) is 1. The van der Waals surface area contributed by atoms with Crippen LogP contribution in [0.1, 0.15) is 5.56 Å². The van der Waals surface area contributed by atoms with E-state index in [-0.39, 0.29) is 29.7 Å². The minimum absolute atomic E-state index is 0. The molecule has 0 atom stereocenters. The van der Waals surface area contributed by atoms with Gasteiger partial charge in [0.2, 0.25) is 0 Å². The summed E-state index contributed by atoms with van der Waals surface area (Å²) in [6.45, 7) is -0.785. The molecule has 9 heteroatoms. The third-order valence-corrected chi connectivity index (χ3v) is 3.32. The van der Waals surface area contributed by atoms with Gasteiger partial charge in [0.1, 0.15) is 5.75 Å². The minimum Gasteiger partial charge on any atom is -0.435 e. The first-order chi connectivity index (χ1) is 11.6. The molecule has 0 radical (unpaired) electrons. The second-order valence-corrected chi connectivity index (χ2v) is 5.12. The number of ether oxygens (including phenoxy) is 1. The summed E-state index contributed by atoms with van der Waals surface area (Å²) >= 11 is 0. The number of aromatic nitrogens is 2. The van der Waals surface area contributed by atoms with Crippen LogP contribution in [0.3, 0.4) is 0 Å². The highest BCUT2D eigenvalue weighted by Crippen LogP contribution is 2.15. The number of rotatable bonds is 7. The number of nitrogens with zero attached hydrogens (tertiary/aromatic N) is 4. The van der Waals surface area contributed by atoms with Crippen LogP contribution >= 0.6 is 24.0 Å². The Labute approximate surface area is 162 Å². The maximum Gasteiger partial charge on any atom is 0.387 e. The molecule has 0 saturated carbocycles. The van der Waals surface area contributed by atoms with Crippen molar-refractivity contribution in [3.63, 3.8) is 0 Å². The number of guanidine groups is 1. The van der Waals surface area contributed by atoms with E-state index >= 15 is 0 Å². The van der Waals surface area contributed by atoms with Gasteiger partial charge in [-0.05, 0) is 23.8 Å². The number of aliphatic imine (C=N–C) groups is 1. The molecule has 0 aliphatic heterocycles. The molecule has 0 aliphatic rings. The Morgan fingerprint density at radius 1 is 1.36 bits per heavy atom. The lowest BCUT2D eigenvalue weighted by Crippen LogP contribution is -2.39. The van der Waals surface area contributed by atoms with E-state index in [4.69, 9.17) is 0 Å². The first kappa shape index (κ1) is 21.1. The second kappa shape index (κ2) is 10.9. The van der Waals surface area contributed by atoms with Crippen LogP contribution in [0.4, 0.5) is 8.78 Å². The Kier molecular flexibility index (Phi) is 9.17. The molecule has 138 valence electrons. The Morgan fingerprint density at radius 2 is 2.08 bits per heavy atom. The molecule has 0 unspecified atom stereocenters. The van der Waals surface area contributed by atoms with Crippen molar-refractivity contribution < 1.29 is 13.5 Å². The standard InChI is InChI=1S/C16H21F2N5O.HI/c1-19-16(20-9-11-23-10-3-8-21-23)22(2)12-13-4-6-14(7-5-13)24-15(17)18;/h3-8,10,15H,9,11-12H2,1-2H3,(H,19,20);1H. The van der Waals surface area contributed by atoms with Crippen LogP contribution in [0.2, 0.25) is 0 Å². The van der Waals surface area contributed by atoms with E-state index < -0.39 is 6.61 Å². The number of halogens is 3. The van der Waals surface area contributed by atoms with E-state index in [1.807, 2.05) is 28.9 Å². The molecule has 25 heavy (non-hydrogen) atoms. The molecule has 2 rings (SSSR count). The summed E-state index contributed by atoms with van der Waals surface area (Å²) in [5, 5.41) is 7.39. The molecule has 0 aliphatic carbocycles. The number of benzene rings is 1. The van der Waals surface area contributed by atoms with E-state index in [9.17, 15) is 8.78 Å². The van der Waals surface area contributed by atoms with Gasteiger partial charge in [-0.15, -0.1) is 24.0 Å². The van der Waals surface area contributed by atoms with Crippen molar-refractivity contribution in [2.24, 2.45) is 4.99 Å². The van der Waals surface area contributed by atoms with Crippen LogP contribution in [-0.4, -0.2) is 47.9 Å². The summed E-state index contributed by atoms with van der Waals surface area (Å²) in [5.74, 6) is 0.896. The summed E-state index contributed by atoms with van der Waals surface area (Å²) in [6.07, 6.45) is 3.64. The zero-order valence-corrected chi connectivity index (χ0v) is 16.4. The molecule has 1 N–H and O–H groups in total. The number of hydrogen-bond acceptors (Lipinski definition) is 3. The highest BCUT2D eigenvalue weighted by molar-refractivity contribution is 14.0. The van der Waals surface area contributed by atoms with E-state index in [1.54, 1.807) is 25.4 Å². The maximum atomic E-state index is 12.1. The fourth-order valence-electron chi connectivity index (χ4n) is 2.22. The average Bonchev–Trinajstić information content (AvgIpc) is 3.06.